The summed E-state index contributed by atoms with van der Waals surface area (Å²) in [7, 11) is 0. The summed E-state index contributed by atoms with van der Waals surface area (Å²) in [6, 6.07) is 12.0. The molecule has 0 amide bonds. The Morgan fingerprint density at radius 3 is 1.80 bits per heavy atom. The van der Waals surface area contributed by atoms with E-state index in [1.807, 2.05) is 12.1 Å². The molecule has 0 saturated carbocycles. The number of carboxylic acid groups (broad SMARTS) is 1. The molecule has 1 aromatic heterocycles. The van der Waals surface area contributed by atoms with Gasteiger partial charge in [-0.3, -0.25) is 0 Å². The number of hydrogen-bond acceptors (Lipinski definition) is 2. The molecule has 2 rings (SSSR count). The van der Waals surface area contributed by atoms with Gasteiger partial charge in [-0.25, -0.2) is 4.79 Å². The van der Waals surface area contributed by atoms with Crippen molar-refractivity contribution >= 4 is 35.5 Å². The molecular formula is C11H11NaO3. The second kappa shape index (κ2) is 8.29. The van der Waals surface area contributed by atoms with Crippen molar-refractivity contribution in [2.45, 2.75) is 0 Å². The van der Waals surface area contributed by atoms with Crippen molar-refractivity contribution in [1.82, 2.24) is 0 Å². The van der Waals surface area contributed by atoms with E-state index in [1.54, 1.807) is 42.9 Å². The number of benzene rings is 1. The topological polar surface area (TPSA) is 50.4 Å². The van der Waals surface area contributed by atoms with E-state index in [1.165, 1.54) is 0 Å². The van der Waals surface area contributed by atoms with Gasteiger partial charge in [-0.1, -0.05) is 18.2 Å². The number of hydrogen-bond donors (Lipinski definition) is 1. The second-order valence-corrected chi connectivity index (χ2v) is 2.46. The molecule has 15 heavy (non-hydrogen) atoms. The minimum Gasteiger partial charge on any atom is -0.473 e. The summed E-state index contributed by atoms with van der Waals surface area (Å²) in [5.74, 6) is -0.879. The summed E-state index contributed by atoms with van der Waals surface area (Å²) < 4.78 is 4.58. The van der Waals surface area contributed by atoms with Gasteiger partial charge in [0.25, 0.3) is 0 Å². The monoisotopic (exact) mass is 214 g/mol. The zero-order chi connectivity index (χ0) is 10.2. The van der Waals surface area contributed by atoms with E-state index in [-0.39, 0.29) is 29.6 Å². The Morgan fingerprint density at radius 1 is 1.00 bits per heavy atom. The van der Waals surface area contributed by atoms with E-state index in [0.29, 0.717) is 5.56 Å². The van der Waals surface area contributed by atoms with Crippen LogP contribution in [0.4, 0.5) is 0 Å². The summed E-state index contributed by atoms with van der Waals surface area (Å²) >= 11 is 0. The van der Waals surface area contributed by atoms with Crippen LogP contribution in [0.5, 0.6) is 0 Å². The number of carboxylic acids is 1. The van der Waals surface area contributed by atoms with Crippen molar-refractivity contribution in [3.8, 4) is 0 Å². The van der Waals surface area contributed by atoms with Crippen LogP contribution in [0.3, 0.4) is 0 Å². The first-order chi connectivity index (χ1) is 6.80. The van der Waals surface area contributed by atoms with Crippen molar-refractivity contribution in [2.24, 2.45) is 0 Å². The standard InChI is InChI=1S/C7H6O2.C4H4O.Na.H/c8-7(9)6-4-2-1-3-5-6;1-2-4-5-3-1;;/h1-5H,(H,8,9);1-4H;;. The molecule has 3 nitrogen and oxygen atoms in total. The fourth-order valence-electron chi connectivity index (χ4n) is 0.808. The molecule has 0 unspecified atom stereocenters. The molecule has 0 spiro atoms. The molecule has 0 bridgehead atoms. The Bertz CT molecular complexity index is 339. The fraction of sp³-hybridized carbons (Fsp3) is 0. The average Bonchev–Trinajstić information content (AvgIpc) is 2.77. The average molecular weight is 214 g/mol. The van der Waals surface area contributed by atoms with Crippen LogP contribution in [0.1, 0.15) is 10.4 Å². The zero-order valence-electron chi connectivity index (χ0n) is 7.46. The van der Waals surface area contributed by atoms with Crippen LogP contribution in [0.25, 0.3) is 0 Å². The predicted molar refractivity (Wildman–Crippen MR) is 59.3 cm³/mol. The molecule has 74 valence electrons. The van der Waals surface area contributed by atoms with Gasteiger partial charge in [0.1, 0.15) is 0 Å². The SMILES string of the molecule is O=C(O)c1ccccc1.[NaH].c1ccoc1. The van der Waals surface area contributed by atoms with Crippen LogP contribution >= 0.6 is 0 Å². The van der Waals surface area contributed by atoms with Gasteiger partial charge < -0.3 is 9.52 Å². The van der Waals surface area contributed by atoms with Crippen LogP contribution in [-0.4, -0.2) is 40.6 Å². The van der Waals surface area contributed by atoms with E-state index in [9.17, 15) is 4.79 Å². The Kier molecular flexibility index (Phi) is 7.72. The molecule has 0 atom stereocenters. The van der Waals surface area contributed by atoms with Gasteiger partial charge in [0.15, 0.2) is 0 Å². The first-order valence-corrected chi connectivity index (χ1v) is 4.06. The van der Waals surface area contributed by atoms with Crippen LogP contribution in [0.2, 0.25) is 0 Å². The minimum atomic E-state index is -0.879. The van der Waals surface area contributed by atoms with Crippen LogP contribution in [0.15, 0.2) is 59.4 Å². The van der Waals surface area contributed by atoms with Crippen molar-refractivity contribution in [1.29, 1.82) is 0 Å². The Balaban J connectivity index is 0.000000280. The van der Waals surface area contributed by atoms with Crippen molar-refractivity contribution in [3.05, 3.63) is 60.6 Å². The van der Waals surface area contributed by atoms with Crippen LogP contribution in [0, 0.1) is 0 Å². The summed E-state index contributed by atoms with van der Waals surface area (Å²) in [5, 5.41) is 8.38. The largest absolute Gasteiger partial charge is 0.473 e. The first kappa shape index (κ1) is 14.0. The van der Waals surface area contributed by atoms with Crippen molar-refractivity contribution in [3.63, 3.8) is 0 Å². The van der Waals surface area contributed by atoms with Gasteiger partial charge >= 0.3 is 35.5 Å². The maximum absolute atomic E-state index is 10.2. The Labute approximate surface area is 110 Å². The van der Waals surface area contributed by atoms with Gasteiger partial charge in [-0.15, -0.1) is 0 Å². The predicted octanol–water partition coefficient (Wildman–Crippen LogP) is 2.02. The number of aromatic carboxylic acids is 1. The van der Waals surface area contributed by atoms with Gasteiger partial charge in [0.05, 0.1) is 18.1 Å². The Hall–Kier alpha value is -1.03. The molecule has 4 heteroatoms. The molecule has 0 saturated heterocycles. The number of furan rings is 1. The molecular weight excluding hydrogens is 203 g/mol. The van der Waals surface area contributed by atoms with E-state index in [2.05, 4.69) is 4.42 Å². The van der Waals surface area contributed by atoms with Gasteiger partial charge in [-0.05, 0) is 24.3 Å². The number of carbonyl (C=O) groups is 1. The fourth-order valence-corrected chi connectivity index (χ4v) is 0.808. The van der Waals surface area contributed by atoms with Crippen LogP contribution in [-0.2, 0) is 0 Å². The van der Waals surface area contributed by atoms with E-state index < -0.39 is 5.97 Å². The van der Waals surface area contributed by atoms with Crippen LogP contribution < -0.4 is 0 Å². The molecule has 0 fully saturated rings. The maximum atomic E-state index is 10.2. The van der Waals surface area contributed by atoms with Gasteiger partial charge in [0.2, 0.25) is 0 Å². The molecule has 1 N–H and O–H groups in total. The smallest absolute Gasteiger partial charge is 0.0902 e. The third kappa shape index (κ3) is 6.12. The van der Waals surface area contributed by atoms with E-state index in [4.69, 9.17) is 5.11 Å². The van der Waals surface area contributed by atoms with Gasteiger partial charge in [0, 0.05) is 0 Å². The molecule has 0 aliphatic rings. The van der Waals surface area contributed by atoms with Crippen molar-refractivity contribution in [2.75, 3.05) is 0 Å². The summed E-state index contributed by atoms with van der Waals surface area (Å²) in [4.78, 5) is 10.2. The summed E-state index contributed by atoms with van der Waals surface area (Å²) in [5.41, 5.74) is 0.331. The summed E-state index contributed by atoms with van der Waals surface area (Å²) in [6.07, 6.45) is 3.25. The molecule has 2 aromatic rings. The zero-order valence-corrected chi connectivity index (χ0v) is 7.46. The number of rotatable bonds is 1. The van der Waals surface area contributed by atoms with E-state index in [0.717, 1.165) is 0 Å². The molecule has 0 aliphatic carbocycles. The molecule has 0 aliphatic heterocycles. The molecule has 0 radical (unpaired) electrons. The second-order valence-electron chi connectivity index (χ2n) is 2.46. The maximum Gasteiger partial charge on any atom is 0.0902 e. The third-order valence-electron chi connectivity index (χ3n) is 1.45. The third-order valence-corrected chi connectivity index (χ3v) is 1.45. The van der Waals surface area contributed by atoms with Gasteiger partial charge in [-0.2, -0.15) is 0 Å². The van der Waals surface area contributed by atoms with E-state index >= 15 is 0 Å². The normalized spacial score (nSPS) is 8.00. The Morgan fingerprint density at radius 2 is 1.53 bits per heavy atom. The molecule has 1 aromatic carbocycles. The summed E-state index contributed by atoms with van der Waals surface area (Å²) in [6.45, 7) is 0. The minimum absolute atomic E-state index is 0. The molecule has 1 heterocycles. The first-order valence-electron chi connectivity index (χ1n) is 4.06. The van der Waals surface area contributed by atoms with Crippen molar-refractivity contribution < 1.29 is 14.3 Å². The quantitative estimate of drug-likeness (QED) is 0.739.